The topological polar surface area (TPSA) is 40.0 Å². The molecule has 0 N–H and O–H groups in total. The van der Waals surface area contributed by atoms with E-state index < -0.39 is 0 Å². The van der Waals surface area contributed by atoms with E-state index in [1.165, 1.54) is 0 Å². The summed E-state index contributed by atoms with van der Waals surface area (Å²) >= 11 is 17.4. The summed E-state index contributed by atoms with van der Waals surface area (Å²) in [5.74, 6) is 1.31. The van der Waals surface area contributed by atoms with Gasteiger partial charge in [-0.15, -0.1) is 0 Å². The van der Waals surface area contributed by atoms with Crippen LogP contribution in [0.2, 0.25) is 5.02 Å². The maximum atomic E-state index is 6.32. The number of oxime groups is 1. The highest BCUT2D eigenvalue weighted by atomic mass is 35.5. The second kappa shape index (κ2) is 13.4. The zero-order chi connectivity index (χ0) is 20.9. The average Bonchev–Trinajstić information content (AvgIpc) is 2.69. The minimum atomic E-state index is 0.168. The molecule has 2 aromatic carbocycles. The molecule has 0 fully saturated rings. The predicted octanol–water partition coefficient (Wildman–Crippen LogP) is 6.95. The quantitative estimate of drug-likeness (QED) is 0.197. The highest BCUT2D eigenvalue weighted by molar-refractivity contribution is 6.55. The van der Waals surface area contributed by atoms with Crippen molar-refractivity contribution in [2.45, 2.75) is 26.2 Å². The Kier molecular flexibility index (Phi) is 10.8. The Morgan fingerprint density at radius 1 is 1.00 bits per heavy atom. The maximum absolute atomic E-state index is 6.32. The largest absolute Gasteiger partial charge is 0.492 e. The van der Waals surface area contributed by atoms with Gasteiger partial charge in [0.2, 0.25) is 0 Å². The first kappa shape index (κ1) is 23.4. The molecule has 0 atom stereocenters. The summed E-state index contributed by atoms with van der Waals surface area (Å²) in [5, 5.41) is 4.48. The Balaban J connectivity index is 1.63. The normalized spacial score (nSPS) is 10.8. The first-order chi connectivity index (χ1) is 14.1. The molecule has 0 amide bonds. The van der Waals surface area contributed by atoms with Gasteiger partial charge in [0.15, 0.2) is 0 Å². The molecule has 0 saturated carbocycles. The van der Waals surface area contributed by atoms with E-state index in [9.17, 15) is 0 Å². The summed E-state index contributed by atoms with van der Waals surface area (Å²) in [7, 11) is 0. The zero-order valence-corrected chi connectivity index (χ0v) is 18.5. The van der Waals surface area contributed by atoms with Crippen LogP contribution in [0.3, 0.4) is 0 Å². The smallest absolute Gasteiger partial charge is 0.141 e. The van der Waals surface area contributed by atoms with Crippen molar-refractivity contribution in [2.75, 3.05) is 19.8 Å². The third-order valence-corrected chi connectivity index (χ3v) is 4.48. The van der Waals surface area contributed by atoms with Crippen molar-refractivity contribution in [3.05, 3.63) is 69.2 Å². The number of halogens is 3. The number of rotatable bonds is 12. The first-order valence-electron chi connectivity index (χ1n) is 9.33. The summed E-state index contributed by atoms with van der Waals surface area (Å²) in [6.07, 6.45) is 6.06. The van der Waals surface area contributed by atoms with Crippen LogP contribution in [-0.4, -0.2) is 26.0 Å². The number of hydrogen-bond donors (Lipinski definition) is 0. The van der Waals surface area contributed by atoms with Gasteiger partial charge in [-0.3, -0.25) is 0 Å². The molecule has 0 unspecified atom stereocenters. The Hall–Kier alpha value is -1.88. The van der Waals surface area contributed by atoms with Crippen molar-refractivity contribution in [3.63, 3.8) is 0 Å². The second-order valence-corrected chi connectivity index (χ2v) is 7.66. The van der Waals surface area contributed by atoms with Gasteiger partial charge in [0.1, 0.15) is 29.2 Å². The van der Waals surface area contributed by atoms with Crippen molar-refractivity contribution in [3.8, 4) is 11.5 Å². The molecule has 7 heteroatoms. The molecule has 2 rings (SSSR count). The second-order valence-electron chi connectivity index (χ2n) is 6.24. The minimum absolute atomic E-state index is 0.168. The highest BCUT2D eigenvalue weighted by Crippen LogP contribution is 2.33. The third-order valence-electron chi connectivity index (χ3n) is 3.89. The molecule has 0 radical (unpaired) electrons. The zero-order valence-electron chi connectivity index (χ0n) is 16.2. The third kappa shape index (κ3) is 9.44. The van der Waals surface area contributed by atoms with Crippen molar-refractivity contribution >= 4 is 41.0 Å². The first-order valence-corrected chi connectivity index (χ1v) is 10.5. The number of ether oxygens (including phenoxy) is 2. The SMILES string of the molecule is Cc1cc(OCC=C(Cl)Cl)cc(Cl)c1OCCCCCO/N=C/c1ccccc1. The maximum Gasteiger partial charge on any atom is 0.141 e. The molecule has 0 aliphatic carbocycles. The number of unbranched alkanes of at least 4 members (excludes halogenated alkanes) is 2. The molecular formula is C22H24Cl3NO3. The van der Waals surface area contributed by atoms with Crippen molar-refractivity contribution < 1.29 is 14.3 Å². The monoisotopic (exact) mass is 455 g/mol. The Labute approximate surface area is 187 Å². The Morgan fingerprint density at radius 3 is 2.48 bits per heavy atom. The lowest BCUT2D eigenvalue weighted by Crippen LogP contribution is -2.01. The molecule has 0 heterocycles. The molecule has 4 nitrogen and oxygen atoms in total. The molecule has 0 saturated heterocycles. The molecule has 0 bridgehead atoms. The Bertz CT molecular complexity index is 783. The van der Waals surface area contributed by atoms with Gasteiger partial charge in [-0.25, -0.2) is 0 Å². The summed E-state index contributed by atoms with van der Waals surface area (Å²) in [6, 6.07) is 13.4. The Morgan fingerprint density at radius 2 is 1.76 bits per heavy atom. The fourth-order valence-corrected chi connectivity index (χ4v) is 2.91. The van der Waals surface area contributed by atoms with E-state index in [4.69, 9.17) is 49.1 Å². The molecule has 2 aromatic rings. The van der Waals surface area contributed by atoms with Crippen LogP contribution >= 0.6 is 34.8 Å². The predicted molar refractivity (Wildman–Crippen MR) is 121 cm³/mol. The van der Waals surface area contributed by atoms with E-state index in [1.807, 2.05) is 43.3 Å². The van der Waals surface area contributed by atoms with Gasteiger partial charge >= 0.3 is 0 Å². The minimum Gasteiger partial charge on any atom is -0.492 e. The summed E-state index contributed by atoms with van der Waals surface area (Å²) in [6.45, 7) is 3.36. The van der Waals surface area contributed by atoms with Crippen LogP contribution in [0.25, 0.3) is 0 Å². The van der Waals surface area contributed by atoms with Gasteiger partial charge in [0, 0.05) is 6.07 Å². The van der Waals surface area contributed by atoms with Crippen LogP contribution in [0, 0.1) is 6.92 Å². The van der Waals surface area contributed by atoms with E-state index in [0.717, 1.165) is 30.4 Å². The van der Waals surface area contributed by atoms with Crippen LogP contribution in [0.4, 0.5) is 0 Å². The lowest BCUT2D eigenvalue weighted by molar-refractivity contribution is 0.140. The van der Waals surface area contributed by atoms with Crippen LogP contribution in [-0.2, 0) is 4.84 Å². The molecule has 0 aromatic heterocycles. The summed E-state index contributed by atoms with van der Waals surface area (Å²) in [5.41, 5.74) is 1.93. The molecule has 0 aliphatic rings. The van der Waals surface area contributed by atoms with Gasteiger partial charge in [0.25, 0.3) is 0 Å². The van der Waals surface area contributed by atoms with Gasteiger partial charge in [0.05, 0.1) is 17.8 Å². The van der Waals surface area contributed by atoms with Gasteiger partial charge in [-0.2, -0.15) is 0 Å². The van der Waals surface area contributed by atoms with Crippen molar-refractivity contribution in [1.82, 2.24) is 0 Å². The molecule has 156 valence electrons. The van der Waals surface area contributed by atoms with Crippen LogP contribution in [0.1, 0.15) is 30.4 Å². The fourth-order valence-electron chi connectivity index (χ4n) is 2.48. The van der Waals surface area contributed by atoms with E-state index in [0.29, 0.717) is 29.7 Å². The van der Waals surface area contributed by atoms with Gasteiger partial charge in [-0.05, 0) is 49.5 Å². The number of hydrogen-bond acceptors (Lipinski definition) is 4. The van der Waals surface area contributed by atoms with Crippen LogP contribution < -0.4 is 9.47 Å². The van der Waals surface area contributed by atoms with Gasteiger partial charge < -0.3 is 14.3 Å². The molecular weight excluding hydrogens is 433 g/mol. The van der Waals surface area contributed by atoms with E-state index in [2.05, 4.69) is 5.16 Å². The van der Waals surface area contributed by atoms with E-state index >= 15 is 0 Å². The van der Waals surface area contributed by atoms with Crippen molar-refractivity contribution in [1.29, 1.82) is 0 Å². The average molecular weight is 457 g/mol. The van der Waals surface area contributed by atoms with Crippen LogP contribution in [0.5, 0.6) is 11.5 Å². The molecule has 0 aliphatic heterocycles. The molecule has 0 spiro atoms. The number of aryl methyl sites for hydroxylation is 1. The van der Waals surface area contributed by atoms with Crippen molar-refractivity contribution in [2.24, 2.45) is 5.16 Å². The number of nitrogens with zero attached hydrogens (tertiary/aromatic N) is 1. The number of benzene rings is 2. The van der Waals surface area contributed by atoms with E-state index in [-0.39, 0.29) is 11.1 Å². The fraction of sp³-hybridized carbons (Fsp3) is 0.318. The highest BCUT2D eigenvalue weighted by Gasteiger charge is 2.09. The standard InChI is InChI=1S/C22H24Cl3NO3/c1-17-14-19(27-13-10-21(24)25)15-20(23)22(17)28-11-6-3-7-12-29-26-16-18-8-4-2-5-9-18/h2,4-5,8-10,14-16H,3,6-7,11-13H2,1H3/b26-16+. The summed E-state index contributed by atoms with van der Waals surface area (Å²) < 4.78 is 11.5. The lowest BCUT2D eigenvalue weighted by atomic mass is 10.2. The van der Waals surface area contributed by atoms with Crippen LogP contribution in [0.15, 0.2) is 58.2 Å². The lowest BCUT2D eigenvalue weighted by Gasteiger charge is -2.13. The van der Waals surface area contributed by atoms with E-state index in [1.54, 1.807) is 18.4 Å². The van der Waals surface area contributed by atoms with Gasteiger partial charge in [-0.1, -0.05) is 70.3 Å². The summed E-state index contributed by atoms with van der Waals surface area (Å²) in [4.78, 5) is 5.27. The molecule has 29 heavy (non-hydrogen) atoms.